The zero-order valence-electron chi connectivity index (χ0n) is 5.97. The van der Waals surface area contributed by atoms with Crippen molar-refractivity contribution in [1.29, 1.82) is 0 Å². The molecule has 0 N–H and O–H groups in total. The minimum absolute atomic E-state index is 0.125. The Bertz CT molecular complexity index is 172. The number of rotatable bonds is 2. The van der Waals surface area contributed by atoms with Crippen LogP contribution >= 0.6 is 11.8 Å². The van der Waals surface area contributed by atoms with Crippen LogP contribution < -0.4 is 0 Å². The number of esters is 1. The van der Waals surface area contributed by atoms with Crippen molar-refractivity contribution in [2.24, 2.45) is 5.92 Å². The lowest BCUT2D eigenvalue weighted by Gasteiger charge is -2.16. The van der Waals surface area contributed by atoms with Gasteiger partial charge in [0.25, 0.3) is 0 Å². The predicted molar refractivity (Wildman–Crippen MR) is 37.5 cm³/mol. The van der Waals surface area contributed by atoms with Crippen LogP contribution in [0.4, 0.5) is 8.78 Å². The fourth-order valence-electron chi connectivity index (χ4n) is 0.943. The largest absolute Gasteiger partial charge is 0.465 e. The van der Waals surface area contributed by atoms with Crippen LogP contribution in [-0.2, 0) is 9.53 Å². The van der Waals surface area contributed by atoms with E-state index in [0.29, 0.717) is 11.8 Å². The standard InChI is InChI=1S/C6H8F2O2S/c1-11-6(7,8)4-2-3-10-5(4)9/h4H,2-3H2,1H3. The zero-order chi connectivity index (χ0) is 8.48. The molecule has 1 aliphatic rings. The van der Waals surface area contributed by atoms with E-state index in [2.05, 4.69) is 4.74 Å². The maximum Gasteiger partial charge on any atom is 0.316 e. The van der Waals surface area contributed by atoms with Crippen molar-refractivity contribution in [1.82, 2.24) is 0 Å². The number of cyclic esters (lactones) is 1. The van der Waals surface area contributed by atoms with Crippen molar-refractivity contribution < 1.29 is 18.3 Å². The molecule has 0 aromatic carbocycles. The number of hydrogen-bond acceptors (Lipinski definition) is 3. The number of halogens is 2. The first-order valence-corrected chi connectivity index (χ1v) is 4.40. The quantitative estimate of drug-likeness (QED) is 0.605. The van der Waals surface area contributed by atoms with Gasteiger partial charge in [0.15, 0.2) is 0 Å². The van der Waals surface area contributed by atoms with Crippen LogP contribution in [0.5, 0.6) is 0 Å². The summed E-state index contributed by atoms with van der Waals surface area (Å²) in [5.74, 6) is -2.01. The van der Waals surface area contributed by atoms with Gasteiger partial charge in [0.1, 0.15) is 5.92 Å². The molecule has 0 bridgehead atoms. The Morgan fingerprint density at radius 1 is 1.73 bits per heavy atom. The third kappa shape index (κ3) is 1.64. The van der Waals surface area contributed by atoms with Crippen LogP contribution in [0.2, 0.25) is 0 Å². The summed E-state index contributed by atoms with van der Waals surface area (Å²) in [6.07, 6.45) is 1.41. The second-order valence-corrected chi connectivity index (χ2v) is 3.23. The third-order valence-electron chi connectivity index (χ3n) is 1.61. The minimum atomic E-state index is -2.96. The molecule has 0 radical (unpaired) electrons. The molecule has 1 fully saturated rings. The molecule has 11 heavy (non-hydrogen) atoms. The van der Waals surface area contributed by atoms with Gasteiger partial charge < -0.3 is 4.74 Å². The molecule has 0 saturated carbocycles. The molecule has 0 aliphatic carbocycles. The third-order valence-corrected chi connectivity index (χ3v) is 2.44. The summed E-state index contributed by atoms with van der Waals surface area (Å²) in [4.78, 5) is 10.7. The number of carbonyl (C=O) groups excluding carboxylic acids is 1. The topological polar surface area (TPSA) is 26.3 Å². The van der Waals surface area contributed by atoms with Gasteiger partial charge in [0, 0.05) is 6.42 Å². The molecular formula is C6H8F2O2S. The second-order valence-electron chi connectivity index (χ2n) is 2.27. The van der Waals surface area contributed by atoms with E-state index in [1.54, 1.807) is 0 Å². The summed E-state index contributed by atoms with van der Waals surface area (Å²) in [5, 5.41) is -2.96. The molecule has 64 valence electrons. The van der Waals surface area contributed by atoms with Crippen molar-refractivity contribution in [2.45, 2.75) is 11.7 Å². The van der Waals surface area contributed by atoms with E-state index in [1.807, 2.05) is 0 Å². The molecule has 1 heterocycles. The molecule has 0 spiro atoms. The Labute approximate surface area is 67.3 Å². The van der Waals surface area contributed by atoms with Crippen LogP contribution in [0, 0.1) is 5.92 Å². The van der Waals surface area contributed by atoms with Gasteiger partial charge in [-0.05, 0) is 6.26 Å². The summed E-state index contributed by atoms with van der Waals surface area (Å²) in [7, 11) is 0. The first-order valence-electron chi connectivity index (χ1n) is 3.17. The highest BCUT2D eigenvalue weighted by Gasteiger charge is 2.47. The van der Waals surface area contributed by atoms with Gasteiger partial charge in [-0.15, -0.1) is 0 Å². The molecule has 0 amide bonds. The molecule has 1 rings (SSSR count). The summed E-state index contributed by atoms with van der Waals surface area (Å²) in [6.45, 7) is 0.125. The Kier molecular flexibility index (Phi) is 2.37. The average Bonchev–Trinajstić information content (AvgIpc) is 2.36. The Balaban J connectivity index is 2.65. The average molecular weight is 182 g/mol. The van der Waals surface area contributed by atoms with Gasteiger partial charge in [0.2, 0.25) is 0 Å². The van der Waals surface area contributed by atoms with E-state index in [-0.39, 0.29) is 13.0 Å². The molecule has 0 aromatic rings. The fourth-order valence-corrected chi connectivity index (χ4v) is 1.44. The number of alkyl halides is 2. The maximum absolute atomic E-state index is 12.8. The van der Waals surface area contributed by atoms with E-state index < -0.39 is 17.1 Å². The van der Waals surface area contributed by atoms with Crippen molar-refractivity contribution in [3.63, 3.8) is 0 Å². The molecular weight excluding hydrogens is 174 g/mol. The van der Waals surface area contributed by atoms with Crippen molar-refractivity contribution in [2.75, 3.05) is 12.9 Å². The van der Waals surface area contributed by atoms with Crippen LogP contribution in [0.1, 0.15) is 6.42 Å². The van der Waals surface area contributed by atoms with Crippen molar-refractivity contribution in [3.05, 3.63) is 0 Å². The van der Waals surface area contributed by atoms with E-state index in [4.69, 9.17) is 0 Å². The summed E-state index contributed by atoms with van der Waals surface area (Å²) < 4.78 is 30.0. The zero-order valence-corrected chi connectivity index (χ0v) is 6.79. The van der Waals surface area contributed by atoms with E-state index >= 15 is 0 Å². The lowest BCUT2D eigenvalue weighted by molar-refractivity contribution is -0.146. The second kappa shape index (κ2) is 2.97. The van der Waals surface area contributed by atoms with Gasteiger partial charge in [-0.3, -0.25) is 4.79 Å². The maximum atomic E-state index is 12.8. The molecule has 1 unspecified atom stereocenters. The molecule has 1 atom stereocenters. The fraction of sp³-hybridized carbons (Fsp3) is 0.833. The van der Waals surface area contributed by atoms with Crippen molar-refractivity contribution in [3.8, 4) is 0 Å². The number of ether oxygens (including phenoxy) is 1. The van der Waals surface area contributed by atoms with Gasteiger partial charge in [-0.25, -0.2) is 0 Å². The Morgan fingerprint density at radius 3 is 2.73 bits per heavy atom. The van der Waals surface area contributed by atoms with Gasteiger partial charge >= 0.3 is 11.2 Å². The predicted octanol–water partition coefficient (Wildman–Crippen LogP) is 1.51. The van der Waals surface area contributed by atoms with Gasteiger partial charge in [-0.2, -0.15) is 8.78 Å². The van der Waals surface area contributed by atoms with Crippen LogP contribution in [0.15, 0.2) is 0 Å². The Morgan fingerprint density at radius 2 is 2.36 bits per heavy atom. The smallest absolute Gasteiger partial charge is 0.316 e. The van der Waals surface area contributed by atoms with Gasteiger partial charge in [-0.1, -0.05) is 11.8 Å². The van der Waals surface area contributed by atoms with E-state index in [0.717, 1.165) is 0 Å². The lowest BCUT2D eigenvalue weighted by atomic mass is 10.1. The lowest BCUT2D eigenvalue weighted by Crippen LogP contribution is -2.27. The van der Waals surface area contributed by atoms with Crippen molar-refractivity contribution >= 4 is 17.7 Å². The van der Waals surface area contributed by atoms with E-state index in [1.165, 1.54) is 6.26 Å². The number of carbonyl (C=O) groups is 1. The van der Waals surface area contributed by atoms with Crippen LogP contribution in [-0.4, -0.2) is 24.1 Å². The van der Waals surface area contributed by atoms with E-state index in [9.17, 15) is 13.6 Å². The first kappa shape index (κ1) is 8.77. The normalized spacial score (nSPS) is 25.4. The number of hydrogen-bond donors (Lipinski definition) is 0. The first-order chi connectivity index (χ1) is 5.08. The summed E-state index contributed by atoms with van der Waals surface area (Å²) in [6, 6.07) is 0. The molecule has 2 nitrogen and oxygen atoms in total. The highest BCUT2D eigenvalue weighted by molar-refractivity contribution is 7.99. The molecule has 0 aromatic heterocycles. The molecule has 5 heteroatoms. The number of thioether (sulfide) groups is 1. The van der Waals surface area contributed by atoms with Gasteiger partial charge in [0.05, 0.1) is 6.61 Å². The molecule has 1 aliphatic heterocycles. The highest BCUT2D eigenvalue weighted by atomic mass is 32.2. The van der Waals surface area contributed by atoms with Crippen LogP contribution in [0.25, 0.3) is 0 Å². The Hall–Kier alpha value is -0.320. The van der Waals surface area contributed by atoms with Crippen LogP contribution in [0.3, 0.4) is 0 Å². The highest BCUT2D eigenvalue weighted by Crippen LogP contribution is 2.39. The minimum Gasteiger partial charge on any atom is -0.465 e. The summed E-state index contributed by atoms with van der Waals surface area (Å²) >= 11 is 0.394. The monoisotopic (exact) mass is 182 g/mol. The molecule has 1 saturated heterocycles. The summed E-state index contributed by atoms with van der Waals surface area (Å²) in [5.41, 5.74) is 0. The SMILES string of the molecule is CSC(F)(F)C1CCOC1=O.